The van der Waals surface area contributed by atoms with Crippen LogP contribution in [0.3, 0.4) is 0 Å². The zero-order valence-corrected chi connectivity index (χ0v) is 64.9. The zero-order chi connectivity index (χ0) is 79.0. The third-order valence-electron chi connectivity index (χ3n) is 16.2. The number of Topliss-reactive ketones (excluding diaryl/α,β-unsaturated/α-hetero) is 1. The van der Waals surface area contributed by atoms with Crippen molar-refractivity contribution in [2.45, 2.75) is 134 Å². The van der Waals surface area contributed by atoms with E-state index in [0.29, 0.717) is 90.6 Å². The molecule has 0 saturated heterocycles. The predicted molar refractivity (Wildman–Crippen MR) is 414 cm³/mol. The SMILES string of the molecule is C#Cc1c(C(=O)NCC)noc1-c1cc(C(C)C)c(C)cc1OCc1ccccc1.CCNC(=O)c1noc(-c2cc(C(C)C)c(C)cc2OCc2ccccc2)c1C(=O)/C=C/N(C)C.CCNC(=O)c1noc(-c2cc(C(C)C)c(C)cc2OCc2ccccc2)c1C(C)=O.COC(OC)N(C)C.O=CO. The molecule has 0 unspecified atom stereocenters. The van der Waals surface area contributed by atoms with E-state index in [1.807, 2.05) is 181 Å². The number of methoxy groups -OCH3 is 2. The van der Waals surface area contributed by atoms with Crippen LogP contribution in [-0.4, -0.2) is 135 Å². The van der Waals surface area contributed by atoms with Crippen LogP contribution in [0.4, 0.5) is 0 Å². The second-order valence-electron chi connectivity index (χ2n) is 25.9. The average molecular weight is 1460 g/mol. The molecule has 568 valence electrons. The van der Waals surface area contributed by atoms with E-state index in [4.69, 9.17) is 53.6 Å². The summed E-state index contributed by atoms with van der Waals surface area (Å²) in [4.78, 5) is 75.2. The van der Waals surface area contributed by atoms with E-state index in [1.165, 1.54) is 13.0 Å². The minimum Gasteiger partial charge on any atom is -0.488 e. The highest BCUT2D eigenvalue weighted by atomic mass is 16.7. The number of nitrogens with zero attached hydrogens (tertiary/aromatic N) is 5. The summed E-state index contributed by atoms with van der Waals surface area (Å²) in [6.45, 7) is 27.7. The minimum absolute atomic E-state index is 0.00923. The number of ketones is 2. The quantitative estimate of drug-likeness (QED) is 0.0116. The van der Waals surface area contributed by atoms with Gasteiger partial charge in [-0.2, -0.15) is 0 Å². The summed E-state index contributed by atoms with van der Waals surface area (Å²) in [6.07, 6.45) is 8.56. The van der Waals surface area contributed by atoms with Crippen molar-refractivity contribution in [1.82, 2.24) is 41.2 Å². The predicted octanol–water partition coefficient (Wildman–Crippen LogP) is 15.6. The highest BCUT2D eigenvalue weighted by Crippen LogP contribution is 2.42. The Hall–Kier alpha value is -11.5. The minimum atomic E-state index is -0.466. The number of rotatable bonds is 28. The lowest BCUT2D eigenvalue weighted by atomic mass is 9.92. The van der Waals surface area contributed by atoms with Crippen molar-refractivity contribution >= 4 is 35.8 Å². The Bertz CT molecular complexity index is 4450. The maximum absolute atomic E-state index is 13.3. The molecule has 3 heterocycles. The van der Waals surface area contributed by atoms with Crippen LogP contribution in [0.2, 0.25) is 0 Å². The molecule has 6 aromatic carbocycles. The van der Waals surface area contributed by atoms with E-state index in [9.17, 15) is 24.0 Å². The summed E-state index contributed by atoms with van der Waals surface area (Å²) < 4.78 is 45.1. The van der Waals surface area contributed by atoms with Gasteiger partial charge in [0.2, 0.25) is 6.41 Å². The van der Waals surface area contributed by atoms with Crippen LogP contribution >= 0.6 is 0 Å². The van der Waals surface area contributed by atoms with Crippen LogP contribution in [0, 0.1) is 33.1 Å². The van der Waals surface area contributed by atoms with Crippen molar-refractivity contribution in [3.63, 3.8) is 0 Å². The summed E-state index contributed by atoms with van der Waals surface area (Å²) >= 11 is 0. The van der Waals surface area contributed by atoms with Gasteiger partial charge < -0.3 is 63.2 Å². The molecule has 0 spiro atoms. The van der Waals surface area contributed by atoms with Gasteiger partial charge >= 0.3 is 0 Å². The van der Waals surface area contributed by atoms with E-state index in [1.54, 1.807) is 39.2 Å². The van der Waals surface area contributed by atoms with Gasteiger partial charge in [-0.1, -0.05) is 154 Å². The van der Waals surface area contributed by atoms with Crippen LogP contribution < -0.4 is 30.2 Å². The van der Waals surface area contributed by atoms with Gasteiger partial charge in [0.25, 0.3) is 24.2 Å². The maximum Gasteiger partial charge on any atom is 0.290 e. The molecule has 23 heteroatoms. The van der Waals surface area contributed by atoms with E-state index >= 15 is 0 Å². The van der Waals surface area contributed by atoms with E-state index in [0.717, 1.165) is 50.1 Å². The zero-order valence-electron chi connectivity index (χ0n) is 64.9. The van der Waals surface area contributed by atoms with Crippen molar-refractivity contribution in [2.24, 2.45) is 0 Å². The first-order valence-corrected chi connectivity index (χ1v) is 35.1. The molecule has 3 aromatic heterocycles. The van der Waals surface area contributed by atoms with E-state index < -0.39 is 11.8 Å². The molecular weight excluding hydrogens is 1360 g/mol. The Kier molecular flexibility index (Phi) is 34.7. The summed E-state index contributed by atoms with van der Waals surface area (Å²) in [7, 11) is 10.6. The lowest BCUT2D eigenvalue weighted by molar-refractivity contribution is -0.179. The van der Waals surface area contributed by atoms with Crippen LogP contribution in [0.15, 0.2) is 153 Å². The Morgan fingerprint density at radius 2 is 0.841 bits per heavy atom. The molecule has 0 radical (unpaired) electrons. The molecule has 0 bridgehead atoms. The Balaban J connectivity index is 0.000000269. The lowest BCUT2D eigenvalue weighted by Crippen LogP contribution is -2.30. The monoisotopic (exact) mass is 1460 g/mol. The molecule has 0 aliphatic rings. The molecule has 0 aliphatic heterocycles. The van der Waals surface area contributed by atoms with Gasteiger partial charge in [0, 0.05) is 60.2 Å². The number of benzene rings is 6. The summed E-state index contributed by atoms with van der Waals surface area (Å²) in [5.74, 6) is 4.02. The van der Waals surface area contributed by atoms with Crippen molar-refractivity contribution < 1.29 is 71.1 Å². The number of hydrogen-bond donors (Lipinski definition) is 4. The first kappa shape index (κ1) is 86.2. The number of aromatic nitrogens is 3. The number of ether oxygens (including phenoxy) is 5. The van der Waals surface area contributed by atoms with Gasteiger partial charge in [-0.05, 0) is 167 Å². The van der Waals surface area contributed by atoms with E-state index in [2.05, 4.69) is 85.8 Å². The average Bonchev–Trinajstić information content (AvgIpc) is 1.69. The van der Waals surface area contributed by atoms with Gasteiger partial charge in [0.1, 0.15) is 48.2 Å². The smallest absolute Gasteiger partial charge is 0.290 e. The number of carbonyl (C=O) groups is 6. The third kappa shape index (κ3) is 24.3. The van der Waals surface area contributed by atoms with Crippen LogP contribution in [0.5, 0.6) is 17.2 Å². The molecule has 0 fully saturated rings. The number of aryl methyl sites for hydroxylation is 3. The lowest BCUT2D eigenvalue weighted by Gasteiger charge is -2.19. The van der Waals surface area contributed by atoms with Crippen molar-refractivity contribution in [2.75, 3.05) is 62.0 Å². The summed E-state index contributed by atoms with van der Waals surface area (Å²) in [5, 5.41) is 26.9. The molecule has 9 aromatic rings. The summed E-state index contributed by atoms with van der Waals surface area (Å²) in [6, 6.07) is 41.4. The molecule has 4 N–H and O–H groups in total. The fraction of sp³-hybridized carbons (Fsp3) is 0.345. The van der Waals surface area contributed by atoms with Gasteiger partial charge in [-0.25, -0.2) is 0 Å². The van der Waals surface area contributed by atoms with E-state index in [-0.39, 0.29) is 81.9 Å². The first-order chi connectivity index (χ1) is 51.1. The largest absolute Gasteiger partial charge is 0.488 e. The Morgan fingerprint density at radius 1 is 0.523 bits per heavy atom. The number of carbonyl (C=O) groups excluding carboxylic acids is 5. The standard InChI is InChI=1S/C28H33N3O4.C25H28N2O4.C25H26N2O3.C5H13NO2.CH2O2/c1-7-29-28(33)26-25(23(32)13-14-31(5)6)27(35-30-26)22-16-21(18(2)3)19(4)15-24(22)34-17-20-11-9-8-10-12-20;1-6-26-25(29)23-22(17(5)28)24(31-27-23)20-13-19(15(2)3)16(4)12-21(20)30-14-18-10-8-7-9-11-18;1-6-19-23(25(28)26-7-2)27-30-24(19)21-14-20(16(3)4)17(5)13-22(21)29-15-18-11-9-8-10-12-18;1-6(2)5(7-3)8-4;2-1-3/h8-16,18H,7,17H2,1-6H3,(H,29,33);7-13,15H,6,14H2,1-5H3,(H,26,29);1,8-14,16H,7,15H2,2-5H3,(H,26,28);5H,1-4H3;1H,(H,2,3)/b14-13+;;;;. The highest BCUT2D eigenvalue weighted by molar-refractivity contribution is 6.15. The fourth-order valence-electron chi connectivity index (χ4n) is 11.2. The first-order valence-electron chi connectivity index (χ1n) is 35.1. The molecule has 23 nitrogen and oxygen atoms in total. The molecule has 0 aliphatic carbocycles. The summed E-state index contributed by atoms with van der Waals surface area (Å²) in [5.41, 5.74) is 12.2. The molecule has 9 rings (SSSR count). The van der Waals surface area contributed by atoms with Crippen LogP contribution in [0.1, 0.15) is 195 Å². The molecular formula is C84H102N8O15. The fourth-order valence-corrected chi connectivity index (χ4v) is 11.2. The molecule has 0 atom stereocenters. The topological polar surface area (TPSA) is 289 Å². The van der Waals surface area contributed by atoms with Crippen LogP contribution in [0.25, 0.3) is 34.0 Å². The molecule has 107 heavy (non-hydrogen) atoms. The number of terminal acetylenes is 1. The van der Waals surface area contributed by atoms with Crippen molar-refractivity contribution in [3.05, 3.63) is 224 Å². The van der Waals surface area contributed by atoms with Gasteiger partial charge in [-0.3, -0.25) is 33.7 Å². The highest BCUT2D eigenvalue weighted by Gasteiger charge is 2.32. The number of nitrogens with one attached hydrogen (secondary N) is 3. The van der Waals surface area contributed by atoms with Gasteiger partial charge in [0.05, 0.1) is 22.3 Å². The molecule has 3 amide bonds. The van der Waals surface area contributed by atoms with Crippen molar-refractivity contribution in [1.29, 1.82) is 0 Å². The molecule has 0 saturated carbocycles. The number of allylic oxidation sites excluding steroid dienone is 1. The maximum atomic E-state index is 13.3. The second-order valence-corrected chi connectivity index (χ2v) is 25.9. The van der Waals surface area contributed by atoms with Crippen LogP contribution in [-0.2, 0) is 34.1 Å². The third-order valence-corrected chi connectivity index (χ3v) is 16.2. The van der Waals surface area contributed by atoms with Crippen molar-refractivity contribution in [3.8, 4) is 63.6 Å². The Morgan fingerprint density at radius 3 is 1.14 bits per heavy atom. The normalized spacial score (nSPS) is 10.8. The Labute approximate surface area is 628 Å². The number of amides is 3. The van der Waals surface area contributed by atoms with Gasteiger partial charge in [0.15, 0.2) is 45.9 Å². The van der Waals surface area contributed by atoms with Gasteiger partial charge in [-0.15, -0.1) is 6.42 Å². The second kappa shape index (κ2) is 43.1. The number of hydrogen-bond acceptors (Lipinski definition) is 19. The number of carboxylic acid groups (broad SMARTS) is 1.